The molecule has 3 atom stereocenters. The molecule has 12 nitrogen and oxygen atoms in total. The van der Waals surface area contributed by atoms with Gasteiger partial charge in [-0.1, -0.05) is 87.9 Å². The third-order valence-electron chi connectivity index (χ3n) is 8.29. The van der Waals surface area contributed by atoms with E-state index in [1.54, 1.807) is 42.5 Å². The number of nitrogens with zero attached hydrogens (tertiary/aromatic N) is 1. The summed E-state index contributed by atoms with van der Waals surface area (Å²) in [7, 11) is 1.50. The third kappa shape index (κ3) is 14.2. The first-order valence-electron chi connectivity index (χ1n) is 16.9. The number of unbranched alkanes of at least 4 members (excludes halogenated alkanes) is 8. The lowest BCUT2D eigenvalue weighted by Crippen LogP contribution is -2.55. The number of carbonyl (C=O) groups excluding carboxylic acids is 2. The number of ether oxygens (including phenoxy) is 1. The number of aromatic nitrogens is 1. The van der Waals surface area contributed by atoms with E-state index >= 15 is 0 Å². The number of hydrogen-bond donors (Lipinski definition) is 5. The second kappa shape index (κ2) is 21.4. The van der Waals surface area contributed by atoms with Crippen molar-refractivity contribution in [3.8, 4) is 17.1 Å². The molecule has 2 aromatic rings. The number of aliphatic hydroxyl groups is 1. The fraction of sp³-hybridized carbons (Fsp3) is 0.514. The van der Waals surface area contributed by atoms with Crippen molar-refractivity contribution in [2.75, 3.05) is 7.11 Å². The van der Waals surface area contributed by atoms with Crippen molar-refractivity contribution in [2.24, 2.45) is 5.92 Å². The van der Waals surface area contributed by atoms with Gasteiger partial charge in [0.25, 0.3) is 0 Å². The Morgan fingerprint density at radius 1 is 0.878 bits per heavy atom. The molecule has 0 radical (unpaired) electrons. The van der Waals surface area contributed by atoms with Gasteiger partial charge in [-0.05, 0) is 37.3 Å². The smallest absolute Gasteiger partial charge is 0.337 e. The van der Waals surface area contributed by atoms with Gasteiger partial charge in [-0.2, -0.15) is 0 Å². The zero-order valence-corrected chi connectivity index (χ0v) is 28.4. The van der Waals surface area contributed by atoms with Crippen LogP contribution in [0.5, 0.6) is 5.88 Å². The Labute approximate surface area is 287 Å². The van der Waals surface area contributed by atoms with Crippen LogP contribution in [0.3, 0.4) is 0 Å². The highest BCUT2D eigenvalue weighted by Crippen LogP contribution is 2.26. The van der Waals surface area contributed by atoms with E-state index in [4.69, 9.17) is 4.74 Å². The van der Waals surface area contributed by atoms with Gasteiger partial charge in [-0.15, -0.1) is 0 Å². The minimum absolute atomic E-state index is 0.172. The van der Waals surface area contributed by atoms with Crippen molar-refractivity contribution in [1.82, 2.24) is 10.3 Å². The van der Waals surface area contributed by atoms with E-state index < -0.39 is 47.8 Å². The summed E-state index contributed by atoms with van der Waals surface area (Å²) in [6.07, 6.45) is 11.2. The van der Waals surface area contributed by atoms with Crippen molar-refractivity contribution in [1.29, 1.82) is 0 Å². The van der Waals surface area contributed by atoms with Gasteiger partial charge in [-0.25, -0.2) is 14.6 Å². The van der Waals surface area contributed by atoms with Gasteiger partial charge < -0.3 is 30.5 Å². The van der Waals surface area contributed by atoms with E-state index in [2.05, 4.69) is 17.2 Å². The third-order valence-corrected chi connectivity index (χ3v) is 8.29. The number of methoxy groups -OCH3 is 1. The fourth-order valence-corrected chi connectivity index (χ4v) is 5.43. The maximum Gasteiger partial charge on any atom is 0.337 e. The molecule has 1 heterocycles. The first kappa shape index (κ1) is 40.6. The lowest BCUT2D eigenvalue weighted by molar-refractivity contribution is -0.172. The van der Waals surface area contributed by atoms with E-state index in [1.807, 2.05) is 0 Å². The highest BCUT2D eigenvalue weighted by atomic mass is 16.5. The van der Waals surface area contributed by atoms with E-state index in [-0.39, 0.29) is 12.2 Å². The summed E-state index contributed by atoms with van der Waals surface area (Å²) in [6, 6.07) is 10.5. The number of benzene rings is 1. The van der Waals surface area contributed by atoms with Crippen molar-refractivity contribution in [3.05, 3.63) is 60.2 Å². The Morgan fingerprint density at radius 3 is 2.08 bits per heavy atom. The SMILES string of the molecule is CCCCCCCC(=O)CCCCCC/C=C/C(C(=O)NC(Cc1ccc(-c2cccc(OC)n2)cc1)C(=O)O)C(O)(CC(=O)O)C(=O)O. The molecule has 3 unspecified atom stereocenters. The van der Waals surface area contributed by atoms with Crippen LogP contribution in [0.15, 0.2) is 54.6 Å². The number of ketones is 1. The Hall–Kier alpha value is -4.58. The predicted octanol–water partition coefficient (Wildman–Crippen LogP) is 5.60. The topological polar surface area (TPSA) is 200 Å². The molecule has 0 saturated carbocycles. The number of Topliss-reactive ketones (excluding diaryl/α,β-unsaturated/α-hetero) is 1. The first-order chi connectivity index (χ1) is 23.4. The summed E-state index contributed by atoms with van der Waals surface area (Å²) in [6.45, 7) is 2.15. The molecule has 5 N–H and O–H groups in total. The van der Waals surface area contributed by atoms with Gasteiger partial charge in [0, 0.05) is 30.9 Å². The number of rotatable bonds is 25. The van der Waals surface area contributed by atoms with Crippen LogP contribution in [0.25, 0.3) is 11.3 Å². The molecule has 1 aromatic heterocycles. The van der Waals surface area contributed by atoms with Crippen LogP contribution >= 0.6 is 0 Å². The normalized spacial score (nSPS) is 13.7. The number of allylic oxidation sites excluding steroid dienone is 1. The molecule has 0 saturated heterocycles. The number of carboxylic acids is 3. The molecule has 0 aliphatic rings. The molecule has 49 heavy (non-hydrogen) atoms. The highest BCUT2D eigenvalue weighted by molar-refractivity contribution is 5.94. The van der Waals surface area contributed by atoms with Crippen LogP contribution in [0.1, 0.15) is 96.0 Å². The van der Waals surface area contributed by atoms with Crippen molar-refractivity contribution in [3.63, 3.8) is 0 Å². The largest absolute Gasteiger partial charge is 0.481 e. The second-order valence-corrected chi connectivity index (χ2v) is 12.2. The number of pyridine rings is 1. The Kier molecular flexibility index (Phi) is 17.7. The summed E-state index contributed by atoms with van der Waals surface area (Å²) in [5.41, 5.74) is -1.11. The Balaban J connectivity index is 2.04. The van der Waals surface area contributed by atoms with Crippen LogP contribution < -0.4 is 10.1 Å². The van der Waals surface area contributed by atoms with Crippen LogP contribution in [0, 0.1) is 5.92 Å². The summed E-state index contributed by atoms with van der Waals surface area (Å²) < 4.78 is 5.15. The summed E-state index contributed by atoms with van der Waals surface area (Å²) >= 11 is 0. The predicted molar refractivity (Wildman–Crippen MR) is 183 cm³/mol. The molecular weight excluding hydrogens is 632 g/mol. The van der Waals surface area contributed by atoms with E-state index in [1.165, 1.54) is 19.6 Å². The van der Waals surface area contributed by atoms with Crippen LogP contribution in [-0.4, -0.2) is 73.8 Å². The van der Waals surface area contributed by atoms with Gasteiger partial charge >= 0.3 is 17.9 Å². The number of carbonyl (C=O) groups is 5. The van der Waals surface area contributed by atoms with Crippen molar-refractivity contribution < 1.29 is 49.1 Å². The van der Waals surface area contributed by atoms with Crippen molar-refractivity contribution in [2.45, 2.75) is 108 Å². The van der Waals surface area contributed by atoms with Crippen molar-refractivity contribution >= 4 is 29.6 Å². The second-order valence-electron chi connectivity index (χ2n) is 12.2. The number of amides is 1. The minimum Gasteiger partial charge on any atom is -0.481 e. The molecule has 1 aromatic carbocycles. The zero-order valence-electron chi connectivity index (χ0n) is 28.4. The van der Waals surface area contributed by atoms with Gasteiger partial charge in [0.2, 0.25) is 11.8 Å². The van der Waals surface area contributed by atoms with E-state index in [0.29, 0.717) is 42.8 Å². The minimum atomic E-state index is -3.03. The standard InChI is InChI=1S/C37H50N2O10/c1-3-4-5-8-11-15-28(40)16-12-9-6-7-10-13-17-29(37(48,36(46)47)25-33(41)42)34(43)39-31(35(44)45)24-26-20-22-27(23-21-26)30-18-14-19-32(38-30)49-2/h13-14,17-23,29,31,48H,3-12,15-16,24-25H2,1-2H3,(H,39,43)(H,41,42)(H,44,45)(H,46,47)/b17-13+. The molecular formula is C37H50N2O10. The molecule has 0 bridgehead atoms. The molecule has 0 aliphatic carbocycles. The molecule has 0 spiro atoms. The van der Waals surface area contributed by atoms with Crippen LogP contribution in [0.4, 0.5) is 0 Å². The van der Waals surface area contributed by atoms with Gasteiger partial charge in [-0.3, -0.25) is 14.4 Å². The molecule has 12 heteroatoms. The highest BCUT2D eigenvalue weighted by Gasteiger charge is 2.49. The fourth-order valence-electron chi connectivity index (χ4n) is 5.43. The lowest BCUT2D eigenvalue weighted by Gasteiger charge is -2.29. The average molecular weight is 683 g/mol. The number of carboxylic acid groups (broad SMARTS) is 3. The summed E-state index contributed by atoms with van der Waals surface area (Å²) in [5.74, 6) is -7.31. The number of aliphatic carboxylic acids is 3. The average Bonchev–Trinajstić information content (AvgIpc) is 3.06. The maximum absolute atomic E-state index is 13.4. The first-order valence-corrected chi connectivity index (χ1v) is 16.9. The zero-order chi connectivity index (χ0) is 36.2. The van der Waals surface area contributed by atoms with Crippen LogP contribution in [-0.2, 0) is 30.4 Å². The lowest BCUT2D eigenvalue weighted by atomic mass is 9.82. The van der Waals surface area contributed by atoms with Gasteiger partial charge in [0.05, 0.1) is 25.1 Å². The van der Waals surface area contributed by atoms with Gasteiger partial charge in [0.15, 0.2) is 5.60 Å². The molecule has 2 rings (SSSR count). The van der Waals surface area contributed by atoms with Crippen LogP contribution in [0.2, 0.25) is 0 Å². The summed E-state index contributed by atoms with van der Waals surface area (Å²) in [4.78, 5) is 65.6. The maximum atomic E-state index is 13.4. The number of hydrogen-bond acceptors (Lipinski definition) is 8. The van der Waals surface area contributed by atoms with E-state index in [9.17, 15) is 44.4 Å². The monoisotopic (exact) mass is 682 g/mol. The number of nitrogens with one attached hydrogen (secondary N) is 1. The Bertz CT molecular complexity index is 1410. The molecule has 1 amide bonds. The summed E-state index contributed by atoms with van der Waals surface area (Å²) in [5, 5.41) is 42.2. The van der Waals surface area contributed by atoms with E-state index in [0.717, 1.165) is 56.6 Å². The molecule has 0 aliphatic heterocycles. The molecule has 0 fully saturated rings. The Morgan fingerprint density at radius 2 is 1.51 bits per heavy atom. The quantitative estimate of drug-likeness (QED) is 0.0645. The molecule has 268 valence electrons. The van der Waals surface area contributed by atoms with Gasteiger partial charge in [0.1, 0.15) is 11.8 Å².